The summed E-state index contributed by atoms with van der Waals surface area (Å²) < 4.78 is 0. The van der Waals surface area contributed by atoms with E-state index in [4.69, 9.17) is 11.5 Å². The number of benzene rings is 1. The average molecular weight is 508 g/mol. The molecule has 4 amide bonds. The number of primary amides is 1. The molecule has 4 unspecified atom stereocenters. The molecule has 0 aliphatic carbocycles. The normalized spacial score (nSPS) is 17.8. The molecule has 11 nitrogen and oxygen atoms in total. The minimum atomic E-state index is -1.22. The summed E-state index contributed by atoms with van der Waals surface area (Å²) >= 11 is 1.47. The summed E-state index contributed by atoms with van der Waals surface area (Å²) in [7, 11) is 0. The summed E-state index contributed by atoms with van der Waals surface area (Å²) in [5.41, 5.74) is 11.7. The number of nitrogens with one attached hydrogen (secondary N) is 2. The maximum absolute atomic E-state index is 13.5. The van der Waals surface area contributed by atoms with Crippen LogP contribution >= 0.6 is 11.8 Å². The first-order chi connectivity index (χ1) is 16.6. The van der Waals surface area contributed by atoms with Crippen molar-refractivity contribution in [2.24, 2.45) is 11.5 Å². The van der Waals surface area contributed by atoms with Gasteiger partial charge in [0.1, 0.15) is 18.1 Å². The van der Waals surface area contributed by atoms with Gasteiger partial charge < -0.3 is 32.1 Å². The zero-order valence-corrected chi connectivity index (χ0v) is 20.5. The summed E-state index contributed by atoms with van der Waals surface area (Å²) in [6.07, 6.45) is 2.80. The van der Waals surface area contributed by atoms with Crippen LogP contribution in [0.3, 0.4) is 0 Å². The van der Waals surface area contributed by atoms with Crippen LogP contribution in [0.2, 0.25) is 0 Å². The van der Waals surface area contributed by atoms with Crippen LogP contribution in [0.4, 0.5) is 0 Å². The SMILES string of the molecule is CSCCC(NC(=O)C1CCCN1C(=O)C(Cc1ccccc1)NC(=O)C(N)CC(N)=O)C(=O)O. The van der Waals surface area contributed by atoms with E-state index in [2.05, 4.69) is 10.6 Å². The van der Waals surface area contributed by atoms with Crippen LogP contribution in [0.25, 0.3) is 0 Å². The third-order valence-electron chi connectivity index (χ3n) is 5.72. The van der Waals surface area contributed by atoms with Crippen LogP contribution < -0.4 is 22.1 Å². The fourth-order valence-electron chi connectivity index (χ4n) is 3.90. The first-order valence-corrected chi connectivity index (χ1v) is 12.7. The smallest absolute Gasteiger partial charge is 0.326 e. The van der Waals surface area contributed by atoms with Crippen LogP contribution in [0.15, 0.2) is 30.3 Å². The van der Waals surface area contributed by atoms with E-state index in [9.17, 15) is 29.1 Å². The Morgan fingerprint density at radius 2 is 1.83 bits per heavy atom. The predicted octanol–water partition coefficient (Wildman–Crippen LogP) is -0.770. The van der Waals surface area contributed by atoms with Crippen molar-refractivity contribution in [2.45, 2.75) is 56.3 Å². The summed E-state index contributed by atoms with van der Waals surface area (Å²) in [6, 6.07) is 4.84. The van der Waals surface area contributed by atoms with Gasteiger partial charge in [-0.15, -0.1) is 0 Å². The number of carbonyl (C=O) groups excluding carboxylic acids is 4. The largest absolute Gasteiger partial charge is 0.480 e. The molecule has 1 aliphatic rings. The number of amides is 4. The van der Waals surface area contributed by atoms with Gasteiger partial charge in [0.15, 0.2) is 0 Å². The lowest BCUT2D eigenvalue weighted by Crippen LogP contribution is -2.57. The molecule has 1 aromatic carbocycles. The molecule has 35 heavy (non-hydrogen) atoms. The molecule has 7 N–H and O–H groups in total. The van der Waals surface area contributed by atoms with E-state index in [0.717, 1.165) is 5.56 Å². The number of carbonyl (C=O) groups is 5. The Labute approximate surface area is 208 Å². The van der Waals surface area contributed by atoms with Crippen LogP contribution in [0.5, 0.6) is 0 Å². The van der Waals surface area contributed by atoms with Crippen LogP contribution in [-0.4, -0.2) is 82.3 Å². The van der Waals surface area contributed by atoms with Crippen molar-refractivity contribution >= 4 is 41.4 Å². The molecule has 0 spiro atoms. The molecule has 4 atom stereocenters. The van der Waals surface area contributed by atoms with Crippen molar-refractivity contribution < 1.29 is 29.1 Å². The maximum atomic E-state index is 13.5. The van der Waals surface area contributed by atoms with Gasteiger partial charge in [0.05, 0.1) is 12.5 Å². The Kier molecular flexibility index (Phi) is 11.0. The lowest BCUT2D eigenvalue weighted by Gasteiger charge is -2.30. The number of nitrogens with two attached hydrogens (primary N) is 2. The van der Waals surface area contributed by atoms with E-state index in [1.807, 2.05) is 12.3 Å². The first-order valence-electron chi connectivity index (χ1n) is 11.3. The molecule has 1 aliphatic heterocycles. The summed E-state index contributed by atoms with van der Waals surface area (Å²) in [5.74, 6) is -3.06. The van der Waals surface area contributed by atoms with Gasteiger partial charge in [-0.25, -0.2) is 4.79 Å². The molecule has 1 fully saturated rings. The number of hydrogen-bond acceptors (Lipinski definition) is 7. The van der Waals surface area contributed by atoms with E-state index < -0.39 is 53.8 Å². The predicted molar refractivity (Wildman–Crippen MR) is 131 cm³/mol. The van der Waals surface area contributed by atoms with Gasteiger partial charge >= 0.3 is 5.97 Å². The molecule has 1 aromatic rings. The third-order valence-corrected chi connectivity index (χ3v) is 6.36. The molecular weight excluding hydrogens is 474 g/mol. The van der Waals surface area contributed by atoms with Crippen LogP contribution in [-0.2, 0) is 30.4 Å². The second kappa shape index (κ2) is 13.7. The number of nitrogens with zero attached hydrogens (tertiary/aromatic N) is 1. The van der Waals surface area contributed by atoms with Crippen molar-refractivity contribution in [3.63, 3.8) is 0 Å². The molecule has 2 rings (SSSR count). The Bertz CT molecular complexity index is 915. The third kappa shape index (κ3) is 8.55. The average Bonchev–Trinajstić information content (AvgIpc) is 3.30. The van der Waals surface area contributed by atoms with Crippen molar-refractivity contribution in [3.05, 3.63) is 35.9 Å². The Morgan fingerprint density at radius 3 is 2.43 bits per heavy atom. The van der Waals surface area contributed by atoms with Gasteiger partial charge in [0, 0.05) is 13.0 Å². The fraction of sp³-hybridized carbons (Fsp3) is 0.522. The Balaban J connectivity index is 2.19. The number of likely N-dealkylation sites (tertiary alicyclic amines) is 1. The molecular formula is C23H33N5O6S. The number of aliphatic carboxylic acids is 1. The lowest BCUT2D eigenvalue weighted by atomic mass is 10.0. The van der Waals surface area contributed by atoms with Gasteiger partial charge in [0.2, 0.25) is 23.6 Å². The molecule has 1 heterocycles. The van der Waals surface area contributed by atoms with Crippen molar-refractivity contribution in [2.75, 3.05) is 18.6 Å². The second-order valence-corrected chi connectivity index (χ2v) is 9.38. The van der Waals surface area contributed by atoms with Crippen molar-refractivity contribution in [3.8, 4) is 0 Å². The minimum absolute atomic E-state index is 0.144. The minimum Gasteiger partial charge on any atom is -0.480 e. The molecule has 0 aromatic heterocycles. The van der Waals surface area contributed by atoms with Crippen molar-refractivity contribution in [1.82, 2.24) is 15.5 Å². The standard InChI is InChI=1S/C23H33N5O6S/c1-35-11-9-16(23(33)34)26-21(31)18-8-5-10-28(18)22(32)17(12-14-6-3-2-4-7-14)27-20(30)15(24)13-19(25)29/h2-4,6-7,15-18H,5,8-13,24H2,1H3,(H2,25,29)(H,26,31)(H,27,30)(H,33,34). The zero-order valence-electron chi connectivity index (χ0n) is 19.6. The van der Waals surface area contributed by atoms with Gasteiger partial charge in [-0.1, -0.05) is 30.3 Å². The zero-order chi connectivity index (χ0) is 26.0. The van der Waals surface area contributed by atoms with E-state index in [0.29, 0.717) is 18.6 Å². The number of rotatable bonds is 13. The Morgan fingerprint density at radius 1 is 1.14 bits per heavy atom. The number of thioether (sulfide) groups is 1. The van der Waals surface area contributed by atoms with Crippen LogP contribution in [0.1, 0.15) is 31.2 Å². The lowest BCUT2D eigenvalue weighted by molar-refractivity contribution is -0.145. The highest BCUT2D eigenvalue weighted by atomic mass is 32.2. The summed E-state index contributed by atoms with van der Waals surface area (Å²) in [6.45, 7) is 0.286. The van der Waals surface area contributed by atoms with E-state index >= 15 is 0 Å². The Hall–Kier alpha value is -3.12. The highest BCUT2D eigenvalue weighted by molar-refractivity contribution is 7.98. The van der Waals surface area contributed by atoms with Gasteiger partial charge in [-0.2, -0.15) is 11.8 Å². The van der Waals surface area contributed by atoms with Crippen LogP contribution in [0, 0.1) is 0 Å². The van der Waals surface area contributed by atoms with Gasteiger partial charge in [-0.05, 0) is 36.8 Å². The monoisotopic (exact) mass is 507 g/mol. The molecule has 1 saturated heterocycles. The van der Waals surface area contributed by atoms with E-state index in [-0.39, 0.29) is 25.8 Å². The van der Waals surface area contributed by atoms with E-state index in [1.165, 1.54) is 16.7 Å². The highest BCUT2D eigenvalue weighted by Crippen LogP contribution is 2.20. The highest BCUT2D eigenvalue weighted by Gasteiger charge is 2.39. The number of carboxylic acid groups (broad SMARTS) is 1. The fourth-order valence-corrected chi connectivity index (χ4v) is 4.37. The van der Waals surface area contributed by atoms with E-state index in [1.54, 1.807) is 24.3 Å². The summed E-state index contributed by atoms with van der Waals surface area (Å²) in [5, 5.41) is 14.6. The summed E-state index contributed by atoms with van der Waals surface area (Å²) in [4.78, 5) is 63.1. The molecule has 0 saturated carbocycles. The quantitative estimate of drug-likeness (QED) is 0.230. The molecule has 192 valence electrons. The number of hydrogen-bond donors (Lipinski definition) is 5. The molecule has 0 radical (unpaired) electrons. The first kappa shape index (κ1) is 28.1. The van der Waals surface area contributed by atoms with Gasteiger partial charge in [0.25, 0.3) is 0 Å². The topological polar surface area (TPSA) is 185 Å². The van der Waals surface area contributed by atoms with Crippen molar-refractivity contribution in [1.29, 1.82) is 0 Å². The molecule has 12 heteroatoms. The van der Waals surface area contributed by atoms with Gasteiger partial charge in [-0.3, -0.25) is 19.2 Å². The second-order valence-electron chi connectivity index (χ2n) is 8.40. The maximum Gasteiger partial charge on any atom is 0.326 e. The number of carboxylic acids is 1. The molecule has 0 bridgehead atoms.